The van der Waals surface area contributed by atoms with E-state index in [0.717, 1.165) is 143 Å². The molecule has 26 nitrogen and oxygen atoms in total. The summed E-state index contributed by atoms with van der Waals surface area (Å²) in [6.07, 6.45) is 88.7. The van der Waals surface area contributed by atoms with Crippen LogP contribution < -0.4 is 10.4 Å². The van der Waals surface area contributed by atoms with Gasteiger partial charge >= 0.3 is 94.2 Å². The highest BCUT2D eigenvalue weighted by Crippen LogP contribution is 2.46. The number of hydrogen-bond donors (Lipinski definition) is 0. The molecule has 1 fully saturated rings. The molecule has 18 aliphatic rings. The first-order valence-electron chi connectivity index (χ1n) is 49.4. The van der Waals surface area contributed by atoms with Crippen LogP contribution in [0.25, 0.3) is 0 Å². The maximum absolute atomic E-state index is 6.06. The van der Waals surface area contributed by atoms with E-state index in [1.54, 1.807) is 0 Å². The van der Waals surface area contributed by atoms with Gasteiger partial charge in [-0.15, -0.1) is 13.2 Å². The fraction of sp³-hybridized carbons (Fsp3) is 0.556. The molecule has 1 aromatic carbocycles. The van der Waals surface area contributed by atoms with E-state index in [1.165, 1.54) is 57.4 Å². The van der Waals surface area contributed by atoms with E-state index in [2.05, 4.69) is 162 Å². The van der Waals surface area contributed by atoms with E-state index in [9.17, 15) is 0 Å². The molecule has 15 heterocycles. The van der Waals surface area contributed by atoms with Crippen LogP contribution in [0.3, 0.4) is 0 Å². The van der Waals surface area contributed by atoms with Gasteiger partial charge in [-0.1, -0.05) is 243 Å². The standard InChI is InChI=1S/C16H22O4Si2.C15H24O2Si.C13H22O2Si.C10H18O4Si2.C10H16O4Si.C10H16O2Si.C9H14O2Si.C8H12O4Si.C8H12O2Si/c1-21(17-11-3-4-12-18-21)15-7-9-16(10-8-15)22(2)19-13-5-6-14-20-22;1-18(16-8-3-2-4-9-17-18)10-7-15-12-13-5-6-14(15)11-13;1-16(14-11-7-8-12-15-16)13-9-5-3-2-4-6-10-13;1-15(11-7-3-4-8-12-15)16(2)13-9-5-6-10-14-16;1-3-7-11-15(12-8-4-1)13-9-5-2-6-10-14-15;1-3-9-13(10-4-2)11-7-5-6-8-12-13;1-2-6-10-12(11-7-3-1)8-4-5-9-12;1-2-6-10-13(9-5-1)11-7-3-4-8-12-13;1-2-6-10-11(9-5-1)7-3-4-8-11/h3-10H,11-14H2,1-2H3;2-3,5-6,13-15H,4,7-12H2,1H3;2-3,7-8,13H,4-6,9-12H2,1H3;3-6H,7-10H2,1-2H3;1-3,5H,4,6-10H2;3-6H,1-2,7-10H2;1-2,4-5H,3,6-9H2;1-4H,5-8H2;1-4H,5-8H2/b;2*3-2-;;3-1-,5-2?;;2-1-;;. The molecule has 136 heavy (non-hydrogen) atoms. The van der Waals surface area contributed by atoms with Crippen molar-refractivity contribution in [1.82, 2.24) is 0 Å². The summed E-state index contributed by atoms with van der Waals surface area (Å²) in [5, 5.41) is 2.29. The van der Waals surface area contributed by atoms with Crippen molar-refractivity contribution in [3.63, 3.8) is 0 Å². The molecular formula is C99H156O26Si11. The third kappa shape index (κ3) is 37.7. The van der Waals surface area contributed by atoms with Crippen LogP contribution in [-0.4, -0.2) is 266 Å². The molecule has 15 aliphatic heterocycles. The molecule has 0 aromatic heterocycles. The Hall–Kier alpha value is -4.37. The summed E-state index contributed by atoms with van der Waals surface area (Å²) in [5.74, 6) is 2.65. The van der Waals surface area contributed by atoms with Gasteiger partial charge in [-0.25, -0.2) is 0 Å². The molecule has 37 heteroatoms. The van der Waals surface area contributed by atoms with Crippen molar-refractivity contribution < 1.29 is 115 Å². The lowest BCUT2D eigenvalue weighted by atomic mass is 9.91. The second-order valence-electron chi connectivity index (χ2n) is 35.8. The molecular weight excluding hydrogens is 1910 g/mol. The van der Waals surface area contributed by atoms with Gasteiger partial charge in [0, 0.05) is 68.2 Å². The molecule has 1 aromatic rings. The van der Waals surface area contributed by atoms with Crippen molar-refractivity contribution in [2.24, 2.45) is 17.8 Å². The van der Waals surface area contributed by atoms with Crippen molar-refractivity contribution in [3.8, 4) is 0 Å². The average Bonchev–Trinajstić information content (AvgIpc) is 1.47. The van der Waals surface area contributed by atoms with E-state index in [4.69, 9.17) is 115 Å². The highest BCUT2D eigenvalue weighted by atomic mass is 29.3. The predicted molar refractivity (Wildman–Crippen MR) is 558 cm³/mol. The molecule has 0 N–H and O–H groups in total. The van der Waals surface area contributed by atoms with Crippen LogP contribution in [0.1, 0.15) is 77.0 Å². The van der Waals surface area contributed by atoms with Gasteiger partial charge in [-0.2, -0.15) is 0 Å². The molecule has 1 saturated carbocycles. The maximum Gasteiger partial charge on any atom is 0.680 e. The van der Waals surface area contributed by atoms with Gasteiger partial charge in [0.05, 0.1) is 145 Å². The number of benzene rings is 1. The van der Waals surface area contributed by atoms with Gasteiger partial charge in [0.2, 0.25) is 0 Å². The smallest absolute Gasteiger partial charge is 0.394 e. The largest absolute Gasteiger partial charge is 0.680 e. The normalized spacial score (nSPS) is 30.2. The topological polar surface area (TPSA) is 240 Å². The molecule has 4 spiro atoms. The second kappa shape index (κ2) is 60.4. The molecule has 752 valence electrons. The van der Waals surface area contributed by atoms with E-state index in [0.29, 0.717) is 124 Å². The second-order valence-corrected chi connectivity index (χ2v) is 73.0. The van der Waals surface area contributed by atoms with Gasteiger partial charge in [0.15, 0.2) is 0 Å². The Bertz CT molecular complexity index is 3970. The average molecular weight is 2070 g/mol. The minimum atomic E-state index is -2.84. The molecule has 0 saturated heterocycles. The van der Waals surface area contributed by atoms with Gasteiger partial charge in [0.1, 0.15) is 0 Å². The summed E-state index contributed by atoms with van der Waals surface area (Å²) in [7, 11) is -24.3. The zero-order chi connectivity index (χ0) is 95.5. The fourth-order valence-electron chi connectivity index (χ4n) is 17.3. The molecule has 0 amide bonds. The molecule has 6 atom stereocenters. The highest BCUT2D eigenvalue weighted by Gasteiger charge is 2.59. The zero-order valence-electron chi connectivity index (χ0n) is 81.8. The maximum atomic E-state index is 6.06. The van der Waals surface area contributed by atoms with Crippen LogP contribution in [0.4, 0.5) is 0 Å². The van der Waals surface area contributed by atoms with Crippen molar-refractivity contribution in [3.05, 3.63) is 256 Å². The van der Waals surface area contributed by atoms with Crippen molar-refractivity contribution in [2.45, 2.75) is 164 Å². The minimum Gasteiger partial charge on any atom is -0.394 e. The Morgan fingerprint density at radius 2 is 0.603 bits per heavy atom. The van der Waals surface area contributed by atoms with E-state index in [-0.39, 0.29) is 0 Å². The number of rotatable bonds is 11. The van der Waals surface area contributed by atoms with Gasteiger partial charge in [-0.05, 0) is 151 Å². The zero-order valence-corrected chi connectivity index (χ0v) is 92.8. The first-order chi connectivity index (χ1) is 66.3. The Morgan fingerprint density at radius 3 is 0.985 bits per heavy atom. The van der Waals surface area contributed by atoms with Crippen molar-refractivity contribution in [2.75, 3.05) is 172 Å². The Kier molecular flexibility index (Phi) is 49.7. The molecule has 19 rings (SSSR count). The third-order valence-electron chi connectivity index (χ3n) is 25.7. The summed E-state index contributed by atoms with van der Waals surface area (Å²) in [4.78, 5) is 0. The third-order valence-corrected chi connectivity index (χ3v) is 62.5. The Balaban J connectivity index is 0.000000148. The van der Waals surface area contributed by atoms with Crippen LogP contribution in [0.15, 0.2) is 256 Å². The SMILES string of the molecule is C1=CCO[Si]2(CC=CC2)OC1.C1=CCO[Si]2(OC/C=C\CCO2)OCC1.C1=CCO[Si]2(OC1)OCC=CCO2.C1=CC[Si]2(C1)OC/C=C\CCO2.C=CC[Si]1(CC=C)OCC=CCO1.C[Si]1(C2CC/C=C\CCC2)OCC=CCO1.C[Si]1(CCC2CC3C=CC2C3)OC/C=C\CCO1.C[Si]1([Si]2(C)OCC=CCO2)OCC=CCO1.C[Si]1(c2ccc([Si]3(C)OCC=CCO3)cc2)OCC=CCO1. The van der Waals surface area contributed by atoms with E-state index >= 15 is 0 Å². The van der Waals surface area contributed by atoms with Crippen LogP contribution in [0.2, 0.25) is 87.1 Å². The number of allylic oxidation sites excluding steroid dienone is 10. The molecule has 3 aliphatic carbocycles. The summed E-state index contributed by atoms with van der Waals surface area (Å²) in [5.41, 5.74) is 0.664. The quantitative estimate of drug-likeness (QED) is 0.148. The van der Waals surface area contributed by atoms with Crippen LogP contribution in [0.5, 0.6) is 0 Å². The Morgan fingerprint density at radius 1 is 0.287 bits per heavy atom. The first-order valence-corrected chi connectivity index (χ1v) is 74.5. The Labute approximate surface area is 823 Å². The van der Waals surface area contributed by atoms with Gasteiger partial charge in [0.25, 0.3) is 0 Å². The summed E-state index contributed by atoms with van der Waals surface area (Å²) in [6, 6.07) is 15.4. The lowest BCUT2D eigenvalue weighted by molar-refractivity contribution is -0.0257. The summed E-state index contributed by atoms with van der Waals surface area (Å²) in [6.45, 7) is 36.9. The van der Waals surface area contributed by atoms with Crippen LogP contribution >= 0.6 is 0 Å². The molecule has 6 unspecified atom stereocenters. The monoisotopic (exact) mass is 2070 g/mol. The van der Waals surface area contributed by atoms with Gasteiger partial charge < -0.3 is 115 Å². The van der Waals surface area contributed by atoms with E-state index < -0.39 is 94.2 Å². The number of fused-ring (bicyclic) bond motifs is 2. The van der Waals surface area contributed by atoms with Gasteiger partial charge in [-0.3, -0.25) is 0 Å². The van der Waals surface area contributed by atoms with Crippen molar-refractivity contribution in [1.29, 1.82) is 0 Å². The summed E-state index contributed by atoms with van der Waals surface area (Å²) >= 11 is 0. The van der Waals surface area contributed by atoms with Crippen LogP contribution in [-0.2, 0) is 115 Å². The van der Waals surface area contributed by atoms with Crippen LogP contribution in [0, 0.1) is 17.8 Å². The fourth-order valence-corrected chi connectivity index (χ4v) is 44.7. The molecule has 2 bridgehead atoms. The van der Waals surface area contributed by atoms with Crippen molar-refractivity contribution >= 4 is 105 Å². The predicted octanol–water partition coefficient (Wildman–Crippen LogP) is 18.1. The highest BCUT2D eigenvalue weighted by molar-refractivity contribution is 7.31. The lowest BCUT2D eigenvalue weighted by Gasteiger charge is -2.37. The first kappa shape index (κ1) is 112. The van der Waals surface area contributed by atoms with E-state index in [1.807, 2.05) is 134 Å². The molecule has 0 radical (unpaired) electrons. The summed E-state index contributed by atoms with van der Waals surface area (Å²) < 4.78 is 151. The number of hydrogen-bond acceptors (Lipinski definition) is 26. The lowest BCUT2D eigenvalue weighted by Crippen LogP contribution is -2.66. The minimum absolute atomic E-state index is 0.506.